The first kappa shape index (κ1) is 26.7. The van der Waals surface area contributed by atoms with Gasteiger partial charge < -0.3 is 10.5 Å². The zero-order valence-electron chi connectivity index (χ0n) is 22.0. The van der Waals surface area contributed by atoms with Crippen LogP contribution in [0.2, 0.25) is 0 Å². The van der Waals surface area contributed by atoms with E-state index in [2.05, 4.69) is 4.98 Å². The predicted molar refractivity (Wildman–Crippen MR) is 142 cm³/mol. The first-order valence-corrected chi connectivity index (χ1v) is 13.3. The molecule has 0 radical (unpaired) electrons. The van der Waals surface area contributed by atoms with Crippen molar-refractivity contribution < 1.29 is 14.3 Å². The second-order valence-corrected chi connectivity index (χ2v) is 10.6. The van der Waals surface area contributed by atoms with Crippen LogP contribution in [0.5, 0.6) is 0 Å². The minimum Gasteiger partial charge on any atom is -0.469 e. The number of hydrogen-bond acceptors (Lipinski definition) is 6. The number of nitrogens with two attached hydrogens (primary N) is 1. The standard InChI is InChI=1S/C28H38N4O5/c1-4-9-20(5-2)32-23(33)21(22(29)30-26(32)36)31(18-19-10-7-6-8-11-19)24(34)27-12-15-28(16-13-27,17-14-27)25(35)37-3/h6-8,10-11,20H,4-5,9,12-18,29H2,1-3H3,(H,30,36). The van der Waals surface area contributed by atoms with E-state index >= 15 is 0 Å². The van der Waals surface area contributed by atoms with Gasteiger partial charge in [0.2, 0.25) is 5.91 Å². The van der Waals surface area contributed by atoms with Crippen LogP contribution in [0.25, 0.3) is 0 Å². The average molecular weight is 511 g/mol. The Kier molecular flexibility index (Phi) is 7.62. The fourth-order valence-electron chi connectivity index (χ4n) is 6.33. The Balaban J connectivity index is 1.80. The van der Waals surface area contributed by atoms with E-state index in [0.29, 0.717) is 51.4 Å². The van der Waals surface area contributed by atoms with Crippen molar-refractivity contribution in [2.24, 2.45) is 10.8 Å². The first-order valence-electron chi connectivity index (χ1n) is 13.3. The van der Waals surface area contributed by atoms with Crippen LogP contribution in [-0.2, 0) is 20.9 Å². The normalized spacial score (nSPS) is 23.4. The second kappa shape index (κ2) is 10.6. The number of nitrogens with zero attached hydrogens (tertiary/aromatic N) is 2. The highest BCUT2D eigenvalue weighted by molar-refractivity contribution is 6.00. The molecule has 0 spiro atoms. The summed E-state index contributed by atoms with van der Waals surface area (Å²) in [5, 5.41) is 0. The number of fused-ring (bicyclic) bond motifs is 3. The molecule has 1 aromatic carbocycles. The summed E-state index contributed by atoms with van der Waals surface area (Å²) in [6, 6.07) is 9.15. The highest BCUT2D eigenvalue weighted by Gasteiger charge is 2.57. The molecule has 3 saturated carbocycles. The van der Waals surface area contributed by atoms with Crippen molar-refractivity contribution in [3.63, 3.8) is 0 Å². The summed E-state index contributed by atoms with van der Waals surface area (Å²) in [4.78, 5) is 57.8. The molecule has 3 fully saturated rings. The Morgan fingerprint density at radius 2 is 1.65 bits per heavy atom. The van der Waals surface area contributed by atoms with Crippen molar-refractivity contribution in [2.75, 3.05) is 17.7 Å². The van der Waals surface area contributed by atoms with Gasteiger partial charge in [0.1, 0.15) is 5.82 Å². The van der Waals surface area contributed by atoms with Gasteiger partial charge in [0.25, 0.3) is 5.56 Å². The maximum atomic E-state index is 14.4. The maximum Gasteiger partial charge on any atom is 0.330 e. The summed E-state index contributed by atoms with van der Waals surface area (Å²) in [7, 11) is 1.41. The lowest BCUT2D eigenvalue weighted by atomic mass is 9.53. The van der Waals surface area contributed by atoms with Crippen LogP contribution in [-0.4, -0.2) is 28.5 Å². The molecular formula is C28H38N4O5. The molecule has 9 heteroatoms. The second-order valence-electron chi connectivity index (χ2n) is 10.6. The van der Waals surface area contributed by atoms with Gasteiger partial charge in [0.05, 0.1) is 19.1 Å². The van der Waals surface area contributed by atoms with Crippen LogP contribution < -0.4 is 21.9 Å². The number of esters is 1. The van der Waals surface area contributed by atoms with Crippen molar-refractivity contribution >= 4 is 23.4 Å². The van der Waals surface area contributed by atoms with Crippen LogP contribution in [0.3, 0.4) is 0 Å². The van der Waals surface area contributed by atoms with E-state index in [1.165, 1.54) is 16.6 Å². The third-order valence-corrected chi connectivity index (χ3v) is 8.61. The van der Waals surface area contributed by atoms with Crippen LogP contribution >= 0.6 is 0 Å². The zero-order chi connectivity index (χ0) is 26.8. The van der Waals surface area contributed by atoms with Gasteiger partial charge in [-0.05, 0) is 56.9 Å². The molecule has 5 rings (SSSR count). The molecule has 1 unspecified atom stereocenters. The Bertz CT molecular complexity index is 1240. The van der Waals surface area contributed by atoms with E-state index in [1.807, 2.05) is 44.2 Å². The van der Waals surface area contributed by atoms with Crippen LogP contribution in [0.15, 0.2) is 39.9 Å². The molecule has 200 valence electrons. The number of carbonyl (C=O) groups excluding carboxylic acids is 2. The van der Waals surface area contributed by atoms with Gasteiger partial charge in [-0.25, -0.2) is 4.79 Å². The number of aromatic amines is 1. The lowest BCUT2D eigenvalue weighted by Gasteiger charge is -2.51. The maximum absolute atomic E-state index is 14.4. The molecule has 3 aliphatic rings. The number of ether oxygens (including phenoxy) is 1. The number of anilines is 2. The van der Waals surface area contributed by atoms with Gasteiger partial charge in [-0.2, -0.15) is 0 Å². The highest BCUT2D eigenvalue weighted by Crippen LogP contribution is 2.58. The molecule has 1 atom stereocenters. The largest absolute Gasteiger partial charge is 0.469 e. The Hall–Kier alpha value is -3.36. The van der Waals surface area contributed by atoms with Gasteiger partial charge >= 0.3 is 11.7 Å². The van der Waals surface area contributed by atoms with Crippen molar-refractivity contribution in [3.8, 4) is 0 Å². The van der Waals surface area contributed by atoms with Crippen molar-refractivity contribution in [2.45, 2.75) is 84.2 Å². The van der Waals surface area contributed by atoms with Crippen LogP contribution in [0.1, 0.15) is 83.2 Å². The minimum atomic E-state index is -0.696. The summed E-state index contributed by atoms with van der Waals surface area (Å²) >= 11 is 0. The molecule has 1 aromatic heterocycles. The molecule has 3 aliphatic carbocycles. The van der Waals surface area contributed by atoms with E-state index in [4.69, 9.17) is 10.5 Å². The molecule has 2 aromatic rings. The number of rotatable bonds is 9. The van der Waals surface area contributed by atoms with Crippen LogP contribution in [0.4, 0.5) is 11.5 Å². The SMILES string of the molecule is CCCC(CC)n1c(=O)[nH]c(N)c(N(Cc2ccccc2)C(=O)C23CCC(C(=O)OC)(CC2)CC3)c1=O. The van der Waals surface area contributed by atoms with E-state index in [9.17, 15) is 19.2 Å². The lowest BCUT2D eigenvalue weighted by Crippen LogP contribution is -2.55. The first-order chi connectivity index (χ1) is 17.7. The molecule has 37 heavy (non-hydrogen) atoms. The van der Waals surface area contributed by atoms with E-state index in [1.54, 1.807) is 0 Å². The number of aromatic nitrogens is 2. The third-order valence-electron chi connectivity index (χ3n) is 8.61. The van der Waals surface area contributed by atoms with Crippen molar-refractivity contribution in [1.82, 2.24) is 9.55 Å². The number of methoxy groups -OCH3 is 1. The Labute approximate surface area is 217 Å². The number of nitrogen functional groups attached to an aromatic ring is 1. The topological polar surface area (TPSA) is 127 Å². The average Bonchev–Trinajstić information content (AvgIpc) is 2.92. The molecule has 0 aliphatic heterocycles. The molecule has 9 nitrogen and oxygen atoms in total. The molecule has 1 amide bonds. The summed E-state index contributed by atoms with van der Waals surface area (Å²) in [5.74, 6) is -0.488. The number of amides is 1. The zero-order valence-corrected chi connectivity index (χ0v) is 22.0. The number of hydrogen-bond donors (Lipinski definition) is 2. The van der Waals surface area contributed by atoms with Gasteiger partial charge in [0.15, 0.2) is 5.69 Å². The predicted octanol–water partition coefficient (Wildman–Crippen LogP) is 3.92. The molecule has 0 saturated heterocycles. The third kappa shape index (κ3) is 4.71. The van der Waals surface area contributed by atoms with Gasteiger partial charge in [-0.15, -0.1) is 0 Å². The molecule has 1 heterocycles. The quantitative estimate of drug-likeness (QED) is 0.492. The van der Waals surface area contributed by atoms with Gasteiger partial charge in [-0.1, -0.05) is 50.6 Å². The van der Waals surface area contributed by atoms with E-state index < -0.39 is 22.1 Å². The molecular weight excluding hydrogens is 472 g/mol. The number of nitrogens with one attached hydrogen (secondary N) is 1. The lowest BCUT2D eigenvalue weighted by molar-refractivity contribution is -0.165. The van der Waals surface area contributed by atoms with Crippen molar-refractivity contribution in [3.05, 3.63) is 56.7 Å². The number of H-pyrrole nitrogens is 1. The summed E-state index contributed by atoms with van der Waals surface area (Å²) in [5.41, 5.74) is 4.82. The Morgan fingerprint density at radius 3 is 2.19 bits per heavy atom. The minimum absolute atomic E-state index is 0.0211. The van der Waals surface area contributed by atoms with Crippen LogP contribution in [0, 0.1) is 10.8 Å². The smallest absolute Gasteiger partial charge is 0.330 e. The monoisotopic (exact) mass is 510 g/mol. The summed E-state index contributed by atoms with van der Waals surface area (Å²) < 4.78 is 6.30. The van der Waals surface area contributed by atoms with Gasteiger partial charge in [-0.3, -0.25) is 28.8 Å². The summed E-state index contributed by atoms with van der Waals surface area (Å²) in [6.07, 6.45) is 5.41. The van der Waals surface area contributed by atoms with E-state index in [0.717, 1.165) is 12.0 Å². The van der Waals surface area contributed by atoms with Crippen molar-refractivity contribution in [1.29, 1.82) is 0 Å². The Morgan fingerprint density at radius 1 is 1.05 bits per heavy atom. The fraction of sp³-hybridized carbons (Fsp3) is 0.571. The fourth-order valence-corrected chi connectivity index (χ4v) is 6.33. The van der Waals surface area contributed by atoms with E-state index in [-0.39, 0.29) is 36.0 Å². The number of benzene rings is 1. The molecule has 2 bridgehead atoms. The highest BCUT2D eigenvalue weighted by atomic mass is 16.5. The van der Waals surface area contributed by atoms with Gasteiger partial charge in [0, 0.05) is 11.5 Å². The number of carbonyl (C=O) groups is 2. The summed E-state index contributed by atoms with van der Waals surface area (Å²) in [6.45, 7) is 4.09. The molecule has 3 N–H and O–H groups in total.